The number of nitrogens with one attached hydrogen (secondary N) is 2. The number of hydrogen-bond donors (Lipinski definition) is 2. The molecule has 0 fully saturated rings. The minimum absolute atomic E-state index is 0.00725. The van der Waals surface area contributed by atoms with Crippen LogP contribution in [0.3, 0.4) is 0 Å². The lowest BCUT2D eigenvalue weighted by Gasteiger charge is -2.10. The molecule has 1 aromatic carbocycles. The molecule has 1 heterocycles. The van der Waals surface area contributed by atoms with Crippen LogP contribution in [0, 0.1) is 5.82 Å². The Kier molecular flexibility index (Phi) is 4.79. The van der Waals surface area contributed by atoms with E-state index in [-0.39, 0.29) is 10.6 Å². The van der Waals surface area contributed by atoms with Crippen molar-refractivity contribution in [2.45, 2.75) is 11.8 Å². The van der Waals surface area contributed by atoms with Gasteiger partial charge in [-0.3, -0.25) is 4.72 Å². The molecule has 0 unspecified atom stereocenters. The number of nitrogens with zero attached hydrogens (tertiary/aromatic N) is 1. The van der Waals surface area contributed by atoms with E-state index in [2.05, 4.69) is 31.0 Å². The Morgan fingerprint density at radius 1 is 1.29 bits per heavy atom. The van der Waals surface area contributed by atoms with E-state index in [4.69, 9.17) is 0 Å². The Balaban J connectivity index is 2.34. The van der Waals surface area contributed by atoms with E-state index >= 15 is 0 Å². The van der Waals surface area contributed by atoms with Gasteiger partial charge in [-0.15, -0.1) is 0 Å². The number of benzene rings is 1. The molecule has 2 N–H and O–H groups in total. The Bertz CT molecular complexity index is 753. The largest absolute Gasteiger partial charge is 0.370 e. The van der Waals surface area contributed by atoms with Gasteiger partial charge in [0.1, 0.15) is 11.6 Å². The summed E-state index contributed by atoms with van der Waals surface area (Å²) in [4.78, 5) is 4.00. The summed E-state index contributed by atoms with van der Waals surface area (Å²) in [6.45, 7) is 2.49. The lowest BCUT2D eigenvalue weighted by Crippen LogP contribution is -2.14. The number of halogens is 2. The zero-order valence-electron chi connectivity index (χ0n) is 11.1. The molecule has 0 aliphatic rings. The summed E-state index contributed by atoms with van der Waals surface area (Å²) in [6, 6.07) is 6.77. The maximum Gasteiger partial charge on any atom is 0.262 e. The summed E-state index contributed by atoms with van der Waals surface area (Å²) in [5.74, 6) is -0.210. The van der Waals surface area contributed by atoms with E-state index in [9.17, 15) is 12.8 Å². The number of rotatable bonds is 5. The molecular formula is C13H13BrFN3O2S. The monoisotopic (exact) mass is 373 g/mol. The smallest absolute Gasteiger partial charge is 0.262 e. The highest BCUT2D eigenvalue weighted by atomic mass is 79.9. The van der Waals surface area contributed by atoms with Crippen LogP contribution in [0.15, 0.2) is 45.9 Å². The van der Waals surface area contributed by atoms with Crippen molar-refractivity contribution in [2.24, 2.45) is 0 Å². The average Bonchev–Trinajstić information content (AvgIpc) is 2.43. The molecule has 112 valence electrons. The predicted octanol–water partition coefficient (Wildman–Crippen LogP) is 3.22. The summed E-state index contributed by atoms with van der Waals surface area (Å²) < 4.78 is 41.0. The molecule has 0 aliphatic heterocycles. The maximum atomic E-state index is 13.6. The van der Waals surface area contributed by atoms with Crippen LogP contribution in [0.2, 0.25) is 0 Å². The summed E-state index contributed by atoms with van der Waals surface area (Å²) in [5, 5.41) is 2.92. The predicted molar refractivity (Wildman–Crippen MR) is 83.3 cm³/mol. The first-order valence-electron chi connectivity index (χ1n) is 6.10. The van der Waals surface area contributed by atoms with Crippen LogP contribution < -0.4 is 10.0 Å². The van der Waals surface area contributed by atoms with E-state index < -0.39 is 15.8 Å². The Labute approximate surface area is 130 Å². The van der Waals surface area contributed by atoms with Crippen LogP contribution >= 0.6 is 15.9 Å². The molecule has 2 rings (SSSR count). The van der Waals surface area contributed by atoms with Gasteiger partial charge < -0.3 is 5.32 Å². The molecular weight excluding hydrogens is 361 g/mol. The van der Waals surface area contributed by atoms with E-state index in [1.54, 1.807) is 0 Å². The van der Waals surface area contributed by atoms with Gasteiger partial charge in [0.25, 0.3) is 10.0 Å². The molecule has 1 aromatic heterocycles. The second-order valence-electron chi connectivity index (χ2n) is 4.14. The molecule has 0 saturated heterocycles. The van der Waals surface area contributed by atoms with Crippen molar-refractivity contribution < 1.29 is 12.8 Å². The Morgan fingerprint density at radius 2 is 2.05 bits per heavy atom. The van der Waals surface area contributed by atoms with Gasteiger partial charge in [0, 0.05) is 23.3 Å². The molecule has 0 saturated carbocycles. The third-order valence-electron chi connectivity index (χ3n) is 2.57. The lowest BCUT2D eigenvalue weighted by atomic mass is 10.3. The van der Waals surface area contributed by atoms with E-state index in [1.807, 2.05) is 6.92 Å². The van der Waals surface area contributed by atoms with Gasteiger partial charge in [-0.05, 0) is 31.2 Å². The molecule has 5 nitrogen and oxygen atoms in total. The van der Waals surface area contributed by atoms with Crippen LogP contribution in [0.25, 0.3) is 0 Å². The first kappa shape index (κ1) is 15.7. The maximum absolute atomic E-state index is 13.6. The third-order valence-corrected chi connectivity index (χ3v) is 4.43. The van der Waals surface area contributed by atoms with Gasteiger partial charge in [-0.2, -0.15) is 0 Å². The fraction of sp³-hybridized carbons (Fsp3) is 0.154. The molecule has 0 spiro atoms. The summed E-state index contributed by atoms with van der Waals surface area (Å²) in [5.41, 5.74) is -0.119. The average molecular weight is 374 g/mol. The number of pyridine rings is 1. The zero-order valence-corrected chi connectivity index (χ0v) is 13.5. The molecule has 0 atom stereocenters. The fourth-order valence-corrected chi connectivity index (χ4v) is 3.07. The SMILES string of the molecule is CCNc1cc(S(=O)(=O)Nc2cc(Br)ccc2F)ccn1. The Hall–Kier alpha value is -1.67. The summed E-state index contributed by atoms with van der Waals surface area (Å²) >= 11 is 3.17. The van der Waals surface area contributed by atoms with Crippen molar-refractivity contribution in [3.8, 4) is 0 Å². The molecule has 0 radical (unpaired) electrons. The number of sulfonamides is 1. The highest BCUT2D eigenvalue weighted by molar-refractivity contribution is 9.10. The first-order chi connectivity index (χ1) is 9.92. The van der Waals surface area contributed by atoms with Crippen molar-refractivity contribution in [1.29, 1.82) is 0 Å². The van der Waals surface area contributed by atoms with Gasteiger partial charge in [-0.25, -0.2) is 17.8 Å². The van der Waals surface area contributed by atoms with Crippen molar-refractivity contribution >= 4 is 37.5 Å². The van der Waals surface area contributed by atoms with Gasteiger partial charge in [0.2, 0.25) is 0 Å². The fourth-order valence-electron chi connectivity index (χ4n) is 1.64. The third kappa shape index (κ3) is 3.92. The molecule has 0 bridgehead atoms. The second-order valence-corrected chi connectivity index (χ2v) is 6.73. The first-order valence-corrected chi connectivity index (χ1v) is 8.38. The normalized spacial score (nSPS) is 11.2. The molecule has 0 amide bonds. The van der Waals surface area contributed by atoms with Crippen LogP contribution in [0.4, 0.5) is 15.9 Å². The summed E-state index contributed by atoms with van der Waals surface area (Å²) in [6.07, 6.45) is 1.38. The Morgan fingerprint density at radius 3 is 2.76 bits per heavy atom. The zero-order chi connectivity index (χ0) is 15.5. The van der Waals surface area contributed by atoms with E-state index in [0.29, 0.717) is 16.8 Å². The number of anilines is 2. The lowest BCUT2D eigenvalue weighted by molar-refractivity contribution is 0.598. The number of aromatic nitrogens is 1. The van der Waals surface area contributed by atoms with Crippen molar-refractivity contribution in [3.05, 3.63) is 46.8 Å². The summed E-state index contributed by atoms with van der Waals surface area (Å²) in [7, 11) is -3.88. The van der Waals surface area contributed by atoms with Crippen LogP contribution in [0.5, 0.6) is 0 Å². The molecule has 21 heavy (non-hydrogen) atoms. The highest BCUT2D eigenvalue weighted by Crippen LogP contribution is 2.23. The molecule has 0 aliphatic carbocycles. The van der Waals surface area contributed by atoms with Crippen molar-refractivity contribution in [3.63, 3.8) is 0 Å². The number of hydrogen-bond acceptors (Lipinski definition) is 4. The minimum atomic E-state index is -3.88. The molecule has 2 aromatic rings. The van der Waals surface area contributed by atoms with Gasteiger partial charge in [-0.1, -0.05) is 15.9 Å². The van der Waals surface area contributed by atoms with Crippen molar-refractivity contribution in [2.75, 3.05) is 16.6 Å². The molecule has 8 heteroatoms. The van der Waals surface area contributed by atoms with Crippen LogP contribution in [-0.2, 0) is 10.0 Å². The quantitative estimate of drug-likeness (QED) is 0.843. The second kappa shape index (κ2) is 6.40. The van der Waals surface area contributed by atoms with Gasteiger partial charge in [0.05, 0.1) is 10.6 Å². The van der Waals surface area contributed by atoms with Gasteiger partial charge in [0.15, 0.2) is 0 Å². The highest BCUT2D eigenvalue weighted by Gasteiger charge is 2.17. The van der Waals surface area contributed by atoms with Gasteiger partial charge >= 0.3 is 0 Å². The van der Waals surface area contributed by atoms with Crippen LogP contribution in [0.1, 0.15) is 6.92 Å². The topological polar surface area (TPSA) is 71.1 Å². The van der Waals surface area contributed by atoms with Crippen molar-refractivity contribution in [1.82, 2.24) is 4.98 Å². The van der Waals surface area contributed by atoms with E-state index in [1.165, 1.54) is 36.5 Å². The minimum Gasteiger partial charge on any atom is -0.370 e. The standard InChI is InChI=1S/C13H13BrFN3O2S/c1-2-16-13-8-10(5-6-17-13)21(19,20)18-12-7-9(14)3-4-11(12)15/h3-8,18H,2H2,1H3,(H,16,17). The van der Waals surface area contributed by atoms with E-state index in [0.717, 1.165) is 0 Å². The van der Waals surface area contributed by atoms with Crippen LogP contribution in [-0.4, -0.2) is 19.9 Å².